The predicted octanol–water partition coefficient (Wildman–Crippen LogP) is 4.94. The molecule has 0 spiro atoms. The summed E-state index contributed by atoms with van der Waals surface area (Å²) in [7, 11) is 1.61. The van der Waals surface area contributed by atoms with Gasteiger partial charge in [0.1, 0.15) is 17.4 Å². The van der Waals surface area contributed by atoms with Gasteiger partial charge >= 0.3 is 0 Å². The highest BCUT2D eigenvalue weighted by Crippen LogP contribution is 2.27. The Hall–Kier alpha value is -2.30. The van der Waals surface area contributed by atoms with Gasteiger partial charge in [0.15, 0.2) is 0 Å². The van der Waals surface area contributed by atoms with E-state index in [4.69, 9.17) is 21.1 Å². The minimum absolute atomic E-state index is 0.0737. The van der Waals surface area contributed by atoms with Crippen LogP contribution in [0.1, 0.15) is 19.4 Å². The Bertz CT molecular complexity index is 738. The second-order valence-corrected chi connectivity index (χ2v) is 6.23. The van der Waals surface area contributed by atoms with E-state index in [1.165, 1.54) is 0 Å². The van der Waals surface area contributed by atoms with Gasteiger partial charge in [-0.1, -0.05) is 23.8 Å². The van der Waals surface area contributed by atoms with Crippen molar-refractivity contribution in [1.82, 2.24) is 4.90 Å². The summed E-state index contributed by atoms with van der Waals surface area (Å²) in [5.41, 5.74) is 2.80. The summed E-state index contributed by atoms with van der Waals surface area (Å²) < 4.78 is 11.0. The molecular weight excluding hydrogens is 350 g/mol. The third-order valence-corrected chi connectivity index (χ3v) is 4.01. The van der Waals surface area contributed by atoms with Crippen molar-refractivity contribution < 1.29 is 14.3 Å². The van der Waals surface area contributed by atoms with E-state index in [9.17, 15) is 4.79 Å². The standard InChI is InChI=1S/C21H24ClNO3/c1-16(2)21(23(13-14-25-3)20(24)15-22)17-9-11-19(12-10-17)26-18-7-5-4-6-8-18/h4-12H,13-15H2,1-3H3. The van der Waals surface area contributed by atoms with Gasteiger partial charge in [-0.05, 0) is 55.8 Å². The Kier molecular flexibility index (Phi) is 7.70. The number of carbonyl (C=O) groups excluding carboxylic acids is 1. The highest BCUT2D eigenvalue weighted by atomic mass is 35.5. The number of para-hydroxylation sites is 1. The molecule has 0 atom stereocenters. The van der Waals surface area contributed by atoms with Crippen molar-refractivity contribution in [3.05, 3.63) is 65.7 Å². The summed E-state index contributed by atoms with van der Waals surface area (Å²) in [4.78, 5) is 14.0. The number of hydrogen-bond acceptors (Lipinski definition) is 3. The summed E-state index contributed by atoms with van der Waals surface area (Å²) in [6.45, 7) is 4.84. The lowest BCUT2D eigenvalue weighted by Crippen LogP contribution is -2.34. The zero-order chi connectivity index (χ0) is 18.9. The largest absolute Gasteiger partial charge is 0.457 e. The number of rotatable bonds is 8. The lowest BCUT2D eigenvalue weighted by molar-refractivity contribution is -0.125. The SMILES string of the molecule is COCCN(C(=O)CCl)C(=C(C)C)c1ccc(Oc2ccccc2)cc1. The fourth-order valence-corrected chi connectivity index (χ4v) is 2.78. The maximum atomic E-state index is 12.3. The molecule has 2 rings (SSSR count). The van der Waals surface area contributed by atoms with E-state index in [0.717, 1.165) is 28.3 Å². The van der Waals surface area contributed by atoms with Crippen LogP contribution in [0.3, 0.4) is 0 Å². The Morgan fingerprint density at radius 1 is 1.00 bits per heavy atom. The van der Waals surface area contributed by atoms with Crippen LogP contribution in [0.25, 0.3) is 5.70 Å². The lowest BCUT2D eigenvalue weighted by Gasteiger charge is -2.26. The fraction of sp³-hybridized carbons (Fsp3) is 0.286. The topological polar surface area (TPSA) is 38.8 Å². The molecule has 0 aliphatic heterocycles. The summed E-state index contributed by atoms with van der Waals surface area (Å²) in [5, 5.41) is 0. The second kappa shape index (κ2) is 10.00. The zero-order valence-corrected chi connectivity index (χ0v) is 16.1. The van der Waals surface area contributed by atoms with E-state index in [2.05, 4.69) is 0 Å². The van der Waals surface area contributed by atoms with Crippen molar-refractivity contribution in [2.24, 2.45) is 0 Å². The number of hydrogen-bond donors (Lipinski definition) is 0. The molecule has 2 aromatic carbocycles. The molecule has 0 bridgehead atoms. The van der Waals surface area contributed by atoms with Crippen LogP contribution in [0.15, 0.2) is 60.2 Å². The lowest BCUT2D eigenvalue weighted by atomic mass is 10.1. The third-order valence-electron chi connectivity index (χ3n) is 3.78. The second-order valence-electron chi connectivity index (χ2n) is 5.96. The normalized spacial score (nSPS) is 10.3. The maximum absolute atomic E-state index is 12.3. The first-order valence-corrected chi connectivity index (χ1v) is 8.96. The van der Waals surface area contributed by atoms with Crippen LogP contribution < -0.4 is 4.74 Å². The first kappa shape index (κ1) is 20.0. The van der Waals surface area contributed by atoms with Gasteiger partial charge < -0.3 is 14.4 Å². The number of nitrogens with zero attached hydrogens (tertiary/aromatic N) is 1. The molecule has 0 saturated carbocycles. The molecule has 0 saturated heterocycles. The quantitative estimate of drug-likeness (QED) is 0.615. The van der Waals surface area contributed by atoms with Crippen LogP contribution in [0.5, 0.6) is 11.5 Å². The number of allylic oxidation sites excluding steroid dienone is 1. The van der Waals surface area contributed by atoms with Crippen LogP contribution in [0.2, 0.25) is 0 Å². The molecular formula is C21H24ClNO3. The molecule has 1 amide bonds. The summed E-state index contributed by atoms with van der Waals surface area (Å²) in [6.07, 6.45) is 0. The summed E-state index contributed by atoms with van der Waals surface area (Å²) in [5.74, 6) is 1.29. The molecule has 0 unspecified atom stereocenters. The van der Waals surface area contributed by atoms with E-state index in [1.807, 2.05) is 68.4 Å². The zero-order valence-electron chi connectivity index (χ0n) is 15.4. The minimum atomic E-state index is -0.149. The van der Waals surface area contributed by atoms with E-state index < -0.39 is 0 Å². The molecule has 0 fully saturated rings. The van der Waals surface area contributed by atoms with Crippen molar-refractivity contribution in [3.8, 4) is 11.5 Å². The molecule has 2 aromatic rings. The molecule has 0 N–H and O–H groups in total. The predicted molar refractivity (Wildman–Crippen MR) is 106 cm³/mol. The van der Waals surface area contributed by atoms with Gasteiger partial charge in [0.25, 0.3) is 0 Å². The van der Waals surface area contributed by atoms with Crippen molar-refractivity contribution in [1.29, 1.82) is 0 Å². The number of halogens is 1. The van der Waals surface area contributed by atoms with Crippen LogP contribution in [0, 0.1) is 0 Å². The Balaban J connectivity index is 2.26. The Morgan fingerprint density at radius 3 is 2.15 bits per heavy atom. The highest BCUT2D eigenvalue weighted by Gasteiger charge is 2.19. The van der Waals surface area contributed by atoms with Crippen LogP contribution >= 0.6 is 11.6 Å². The summed E-state index contributed by atoms with van der Waals surface area (Å²) >= 11 is 5.80. The molecule has 138 valence electrons. The molecule has 0 aromatic heterocycles. The van der Waals surface area contributed by atoms with E-state index >= 15 is 0 Å². The summed E-state index contributed by atoms with van der Waals surface area (Å²) in [6, 6.07) is 17.3. The third kappa shape index (κ3) is 5.35. The Morgan fingerprint density at radius 2 is 1.62 bits per heavy atom. The number of ether oxygens (including phenoxy) is 2. The fourth-order valence-electron chi connectivity index (χ4n) is 2.64. The molecule has 0 radical (unpaired) electrons. The van der Waals surface area contributed by atoms with Crippen LogP contribution in [-0.2, 0) is 9.53 Å². The number of carbonyl (C=O) groups is 1. The average Bonchev–Trinajstić information content (AvgIpc) is 2.66. The van der Waals surface area contributed by atoms with Gasteiger partial charge in [0.05, 0.1) is 6.61 Å². The van der Waals surface area contributed by atoms with E-state index in [0.29, 0.717) is 13.2 Å². The van der Waals surface area contributed by atoms with Gasteiger partial charge in [-0.2, -0.15) is 0 Å². The molecule has 5 heteroatoms. The van der Waals surface area contributed by atoms with Crippen LogP contribution in [0.4, 0.5) is 0 Å². The number of benzene rings is 2. The van der Waals surface area contributed by atoms with Crippen molar-refractivity contribution in [3.63, 3.8) is 0 Å². The van der Waals surface area contributed by atoms with E-state index in [1.54, 1.807) is 12.0 Å². The monoisotopic (exact) mass is 373 g/mol. The average molecular weight is 374 g/mol. The molecule has 0 aliphatic carbocycles. The van der Waals surface area contributed by atoms with Gasteiger partial charge in [0, 0.05) is 19.4 Å². The minimum Gasteiger partial charge on any atom is -0.457 e. The van der Waals surface area contributed by atoms with Crippen molar-refractivity contribution in [2.45, 2.75) is 13.8 Å². The molecule has 4 nitrogen and oxygen atoms in total. The molecule has 0 heterocycles. The van der Waals surface area contributed by atoms with Crippen molar-refractivity contribution in [2.75, 3.05) is 26.1 Å². The van der Waals surface area contributed by atoms with Gasteiger partial charge in [-0.3, -0.25) is 4.79 Å². The first-order valence-electron chi connectivity index (χ1n) is 8.43. The number of amides is 1. The molecule has 26 heavy (non-hydrogen) atoms. The maximum Gasteiger partial charge on any atom is 0.242 e. The van der Waals surface area contributed by atoms with E-state index in [-0.39, 0.29) is 11.8 Å². The van der Waals surface area contributed by atoms with Crippen molar-refractivity contribution >= 4 is 23.2 Å². The highest BCUT2D eigenvalue weighted by molar-refractivity contribution is 6.27. The van der Waals surface area contributed by atoms with Gasteiger partial charge in [-0.15, -0.1) is 11.6 Å². The first-order chi connectivity index (χ1) is 12.6. The number of alkyl halides is 1. The smallest absolute Gasteiger partial charge is 0.242 e. The molecule has 0 aliphatic rings. The van der Waals surface area contributed by atoms with Gasteiger partial charge in [-0.25, -0.2) is 0 Å². The van der Waals surface area contributed by atoms with Crippen LogP contribution in [-0.4, -0.2) is 36.9 Å². The number of methoxy groups -OCH3 is 1. The Labute approximate surface area is 160 Å². The van der Waals surface area contributed by atoms with Gasteiger partial charge in [0.2, 0.25) is 5.91 Å².